The Hall–Kier alpha value is -0.730. The quantitative estimate of drug-likeness (QED) is 0.861. The van der Waals surface area contributed by atoms with Gasteiger partial charge in [-0.25, -0.2) is 0 Å². The van der Waals surface area contributed by atoms with Gasteiger partial charge in [0.2, 0.25) is 0 Å². The summed E-state index contributed by atoms with van der Waals surface area (Å²) in [5.74, 6) is -0.192. The van der Waals surface area contributed by atoms with Gasteiger partial charge >= 0.3 is 0 Å². The third kappa shape index (κ3) is 4.03. The minimum absolute atomic E-state index is 0.0424. The van der Waals surface area contributed by atoms with Crippen molar-refractivity contribution >= 4 is 29.1 Å². The van der Waals surface area contributed by atoms with Gasteiger partial charge in [0.15, 0.2) is 0 Å². The third-order valence-electron chi connectivity index (χ3n) is 1.95. The fraction of sp³-hybridized carbons (Fsp3) is 0.417. The molecule has 0 aliphatic rings. The van der Waals surface area contributed by atoms with Crippen molar-refractivity contribution in [2.75, 3.05) is 6.54 Å². The second-order valence-electron chi connectivity index (χ2n) is 4.87. The zero-order chi connectivity index (χ0) is 12.3. The molecule has 0 fully saturated rings. The van der Waals surface area contributed by atoms with Crippen molar-refractivity contribution in [1.82, 2.24) is 5.32 Å². The van der Waals surface area contributed by atoms with Gasteiger partial charge in [0.25, 0.3) is 5.91 Å². The van der Waals surface area contributed by atoms with Gasteiger partial charge in [-0.2, -0.15) is 0 Å². The maximum atomic E-state index is 11.8. The summed E-state index contributed by atoms with van der Waals surface area (Å²) in [6.45, 7) is 6.74. The molecule has 0 spiro atoms. The molecule has 0 saturated carbocycles. The summed E-state index contributed by atoms with van der Waals surface area (Å²) in [4.78, 5) is 11.8. The molecule has 1 aromatic carbocycles. The second kappa shape index (κ2) is 5.07. The number of benzene rings is 1. The summed E-state index contributed by atoms with van der Waals surface area (Å²) in [5, 5.41) is 3.74. The number of rotatable bonds is 2. The molecule has 16 heavy (non-hydrogen) atoms. The SMILES string of the molecule is CC(C)(C)CNC(=O)c1cc(Cl)ccc1Cl. The van der Waals surface area contributed by atoms with Crippen LogP contribution in [0.4, 0.5) is 0 Å². The molecule has 1 rings (SSSR count). The summed E-state index contributed by atoms with van der Waals surface area (Å²) in [6, 6.07) is 4.85. The number of halogens is 2. The van der Waals surface area contributed by atoms with E-state index in [0.29, 0.717) is 22.2 Å². The summed E-state index contributed by atoms with van der Waals surface area (Å²) >= 11 is 11.7. The first-order valence-electron chi connectivity index (χ1n) is 5.03. The molecule has 0 aliphatic carbocycles. The van der Waals surface area contributed by atoms with E-state index in [9.17, 15) is 4.79 Å². The highest BCUT2D eigenvalue weighted by atomic mass is 35.5. The van der Waals surface area contributed by atoms with Crippen LogP contribution in [-0.2, 0) is 0 Å². The lowest BCUT2D eigenvalue weighted by molar-refractivity contribution is 0.0939. The predicted octanol–water partition coefficient (Wildman–Crippen LogP) is 3.77. The van der Waals surface area contributed by atoms with Crippen molar-refractivity contribution in [2.24, 2.45) is 5.41 Å². The molecule has 0 unspecified atom stereocenters. The van der Waals surface area contributed by atoms with Crippen LogP contribution in [0.15, 0.2) is 18.2 Å². The molecule has 0 atom stereocenters. The fourth-order valence-corrected chi connectivity index (χ4v) is 1.49. The minimum Gasteiger partial charge on any atom is -0.351 e. The molecule has 1 amide bonds. The summed E-state index contributed by atoms with van der Waals surface area (Å²) in [6.07, 6.45) is 0. The summed E-state index contributed by atoms with van der Waals surface area (Å²) in [7, 11) is 0. The number of amides is 1. The number of carbonyl (C=O) groups excluding carboxylic acids is 1. The van der Waals surface area contributed by atoms with E-state index in [-0.39, 0.29) is 11.3 Å². The topological polar surface area (TPSA) is 29.1 Å². The number of hydrogen-bond donors (Lipinski definition) is 1. The normalized spacial score (nSPS) is 11.3. The van der Waals surface area contributed by atoms with Crippen LogP contribution in [-0.4, -0.2) is 12.5 Å². The van der Waals surface area contributed by atoms with Crippen LogP contribution in [0.2, 0.25) is 10.0 Å². The summed E-state index contributed by atoms with van der Waals surface area (Å²) in [5.41, 5.74) is 0.458. The highest BCUT2D eigenvalue weighted by Gasteiger charge is 2.15. The van der Waals surface area contributed by atoms with E-state index >= 15 is 0 Å². The van der Waals surface area contributed by atoms with Gasteiger partial charge in [0, 0.05) is 11.6 Å². The van der Waals surface area contributed by atoms with Gasteiger partial charge in [-0.3, -0.25) is 4.79 Å². The first-order chi connectivity index (χ1) is 7.29. The molecule has 0 saturated heterocycles. The van der Waals surface area contributed by atoms with Crippen LogP contribution in [0.5, 0.6) is 0 Å². The Kier molecular flexibility index (Phi) is 4.22. The summed E-state index contributed by atoms with van der Waals surface area (Å²) < 4.78 is 0. The monoisotopic (exact) mass is 259 g/mol. The molecular formula is C12H15Cl2NO. The van der Waals surface area contributed by atoms with Crippen LogP contribution in [0.25, 0.3) is 0 Å². The van der Waals surface area contributed by atoms with Crippen molar-refractivity contribution in [1.29, 1.82) is 0 Å². The molecule has 0 heterocycles. The molecule has 4 heteroatoms. The molecule has 0 aliphatic heterocycles. The molecule has 1 aromatic rings. The zero-order valence-corrected chi connectivity index (χ0v) is 11.1. The van der Waals surface area contributed by atoms with E-state index in [4.69, 9.17) is 23.2 Å². The Bertz CT molecular complexity index is 396. The van der Waals surface area contributed by atoms with Crippen LogP contribution >= 0.6 is 23.2 Å². The van der Waals surface area contributed by atoms with E-state index in [1.165, 1.54) is 0 Å². The lowest BCUT2D eigenvalue weighted by Crippen LogP contribution is -2.32. The maximum Gasteiger partial charge on any atom is 0.252 e. The van der Waals surface area contributed by atoms with E-state index < -0.39 is 0 Å². The molecule has 88 valence electrons. The van der Waals surface area contributed by atoms with E-state index in [0.717, 1.165) is 0 Å². The first-order valence-corrected chi connectivity index (χ1v) is 5.78. The molecule has 0 radical (unpaired) electrons. The van der Waals surface area contributed by atoms with Crippen LogP contribution in [0, 0.1) is 5.41 Å². The van der Waals surface area contributed by atoms with Crippen molar-refractivity contribution in [3.05, 3.63) is 33.8 Å². The fourth-order valence-electron chi connectivity index (χ4n) is 1.11. The zero-order valence-electron chi connectivity index (χ0n) is 9.60. The highest BCUT2D eigenvalue weighted by Crippen LogP contribution is 2.20. The van der Waals surface area contributed by atoms with Crippen molar-refractivity contribution in [3.8, 4) is 0 Å². The molecule has 0 aromatic heterocycles. The van der Waals surface area contributed by atoms with Gasteiger partial charge in [0.1, 0.15) is 0 Å². The van der Waals surface area contributed by atoms with E-state index in [1.807, 2.05) is 20.8 Å². The number of hydrogen-bond acceptors (Lipinski definition) is 1. The van der Waals surface area contributed by atoms with Crippen LogP contribution in [0.3, 0.4) is 0 Å². The Morgan fingerprint density at radius 2 is 1.94 bits per heavy atom. The standard InChI is InChI=1S/C12H15Cl2NO/c1-12(2,3)7-15-11(16)9-6-8(13)4-5-10(9)14/h4-6H,7H2,1-3H3,(H,15,16). The Morgan fingerprint density at radius 3 is 2.50 bits per heavy atom. The van der Waals surface area contributed by atoms with Crippen molar-refractivity contribution in [3.63, 3.8) is 0 Å². The van der Waals surface area contributed by atoms with Gasteiger partial charge in [0.05, 0.1) is 10.6 Å². The van der Waals surface area contributed by atoms with E-state index in [2.05, 4.69) is 5.32 Å². The van der Waals surface area contributed by atoms with Gasteiger partial charge in [-0.05, 0) is 23.6 Å². The molecule has 0 bridgehead atoms. The predicted molar refractivity (Wildman–Crippen MR) is 68.3 cm³/mol. The number of nitrogens with one attached hydrogen (secondary N) is 1. The molecule has 2 nitrogen and oxygen atoms in total. The third-order valence-corrected chi connectivity index (χ3v) is 2.52. The largest absolute Gasteiger partial charge is 0.351 e. The van der Waals surface area contributed by atoms with Gasteiger partial charge in [-0.1, -0.05) is 44.0 Å². The Labute approximate surface area is 106 Å². The maximum absolute atomic E-state index is 11.8. The molecular weight excluding hydrogens is 245 g/mol. The van der Waals surface area contributed by atoms with Crippen LogP contribution < -0.4 is 5.32 Å². The number of carbonyl (C=O) groups is 1. The lowest BCUT2D eigenvalue weighted by Gasteiger charge is -2.18. The smallest absolute Gasteiger partial charge is 0.252 e. The van der Waals surface area contributed by atoms with Crippen molar-refractivity contribution < 1.29 is 4.79 Å². The first kappa shape index (κ1) is 13.3. The van der Waals surface area contributed by atoms with E-state index in [1.54, 1.807) is 18.2 Å². The van der Waals surface area contributed by atoms with Crippen molar-refractivity contribution in [2.45, 2.75) is 20.8 Å². The van der Waals surface area contributed by atoms with Gasteiger partial charge in [-0.15, -0.1) is 0 Å². The lowest BCUT2D eigenvalue weighted by atomic mass is 9.97. The minimum atomic E-state index is -0.192. The van der Waals surface area contributed by atoms with Crippen LogP contribution in [0.1, 0.15) is 31.1 Å². The average molecular weight is 260 g/mol. The molecule has 1 N–H and O–H groups in total. The second-order valence-corrected chi connectivity index (χ2v) is 5.71. The highest BCUT2D eigenvalue weighted by molar-refractivity contribution is 6.35. The Morgan fingerprint density at radius 1 is 1.31 bits per heavy atom. The average Bonchev–Trinajstić information content (AvgIpc) is 2.17. The van der Waals surface area contributed by atoms with Gasteiger partial charge < -0.3 is 5.32 Å². The Balaban J connectivity index is 2.77.